The molecule has 1 heterocycles. The van der Waals surface area contributed by atoms with Crippen LogP contribution in [0.5, 0.6) is 0 Å². The van der Waals surface area contributed by atoms with E-state index in [1.807, 2.05) is 13.8 Å². The zero-order valence-electron chi connectivity index (χ0n) is 10.9. The molecule has 0 aliphatic carbocycles. The first-order chi connectivity index (χ1) is 8.45. The predicted molar refractivity (Wildman–Crippen MR) is 67.5 cm³/mol. The van der Waals surface area contributed by atoms with Crippen molar-refractivity contribution < 1.29 is 14.7 Å². The van der Waals surface area contributed by atoms with Gasteiger partial charge in [0.15, 0.2) is 0 Å². The number of hydrogen-bond donors (Lipinski definition) is 1. The fourth-order valence-electron chi connectivity index (χ4n) is 1.77. The van der Waals surface area contributed by atoms with E-state index in [0.717, 1.165) is 12.1 Å². The Labute approximate surface area is 106 Å². The molecule has 0 saturated heterocycles. The normalized spacial score (nSPS) is 10.2. The zero-order chi connectivity index (χ0) is 13.7. The van der Waals surface area contributed by atoms with E-state index >= 15 is 0 Å². The number of carboxylic acids is 1. The third-order valence-electron chi connectivity index (χ3n) is 2.56. The zero-order valence-corrected chi connectivity index (χ0v) is 10.9. The Balaban J connectivity index is 2.97. The monoisotopic (exact) mass is 250 g/mol. The van der Waals surface area contributed by atoms with Crippen molar-refractivity contribution in [2.24, 2.45) is 0 Å². The summed E-state index contributed by atoms with van der Waals surface area (Å²) >= 11 is 0. The van der Waals surface area contributed by atoms with E-state index in [4.69, 9.17) is 5.11 Å². The topological polar surface area (TPSA) is 70.5 Å². The molecule has 0 fully saturated rings. The summed E-state index contributed by atoms with van der Waals surface area (Å²) < 4.78 is 0. The number of carbonyl (C=O) groups excluding carboxylic acids is 1. The summed E-state index contributed by atoms with van der Waals surface area (Å²) in [4.78, 5) is 28.5. The number of rotatable bonds is 5. The molecule has 1 aromatic heterocycles. The largest absolute Gasteiger partial charge is 0.480 e. The van der Waals surface area contributed by atoms with Crippen LogP contribution >= 0.6 is 0 Å². The van der Waals surface area contributed by atoms with Crippen LogP contribution in [0.25, 0.3) is 0 Å². The van der Waals surface area contributed by atoms with Gasteiger partial charge in [0.2, 0.25) is 0 Å². The molecule has 98 valence electrons. The quantitative estimate of drug-likeness (QED) is 0.862. The summed E-state index contributed by atoms with van der Waals surface area (Å²) in [7, 11) is 0. The van der Waals surface area contributed by atoms with Gasteiger partial charge in [-0.2, -0.15) is 0 Å². The van der Waals surface area contributed by atoms with Gasteiger partial charge < -0.3 is 10.0 Å². The van der Waals surface area contributed by atoms with Gasteiger partial charge in [-0.25, -0.2) is 0 Å². The molecule has 1 N–H and O–H groups in total. The number of pyridine rings is 1. The minimum absolute atomic E-state index is 0.274. The summed E-state index contributed by atoms with van der Waals surface area (Å²) in [6.45, 7) is 5.66. The van der Waals surface area contributed by atoms with Crippen molar-refractivity contribution in [3.8, 4) is 0 Å². The van der Waals surface area contributed by atoms with Crippen molar-refractivity contribution in [3.63, 3.8) is 0 Å². The van der Waals surface area contributed by atoms with Crippen LogP contribution in [-0.2, 0) is 4.79 Å². The number of amides is 1. The maximum atomic E-state index is 12.2. The molecule has 18 heavy (non-hydrogen) atoms. The van der Waals surface area contributed by atoms with Crippen LogP contribution in [0.2, 0.25) is 0 Å². The number of aryl methyl sites for hydroxylation is 2. The van der Waals surface area contributed by atoms with Crippen LogP contribution < -0.4 is 0 Å². The molecule has 1 aromatic rings. The first-order valence-corrected chi connectivity index (χ1v) is 5.91. The van der Waals surface area contributed by atoms with Gasteiger partial charge in [-0.1, -0.05) is 6.92 Å². The highest BCUT2D eigenvalue weighted by Gasteiger charge is 2.19. The van der Waals surface area contributed by atoms with Crippen molar-refractivity contribution in [2.75, 3.05) is 13.1 Å². The molecular weight excluding hydrogens is 232 g/mol. The number of nitrogens with zero attached hydrogens (tertiary/aromatic N) is 2. The van der Waals surface area contributed by atoms with Gasteiger partial charge >= 0.3 is 5.97 Å². The summed E-state index contributed by atoms with van der Waals surface area (Å²) in [5, 5.41) is 8.81. The number of carboxylic acid groups (broad SMARTS) is 1. The lowest BCUT2D eigenvalue weighted by Crippen LogP contribution is -2.36. The van der Waals surface area contributed by atoms with Crippen LogP contribution in [-0.4, -0.2) is 40.0 Å². The van der Waals surface area contributed by atoms with Crippen LogP contribution in [0.1, 0.15) is 35.1 Å². The van der Waals surface area contributed by atoms with Gasteiger partial charge in [-0.3, -0.25) is 14.6 Å². The summed E-state index contributed by atoms with van der Waals surface area (Å²) in [6.07, 6.45) is 0.720. The summed E-state index contributed by atoms with van der Waals surface area (Å²) in [5.74, 6) is -1.28. The predicted octanol–water partition coefficient (Wildman–Crippen LogP) is 1.64. The lowest BCUT2D eigenvalue weighted by Gasteiger charge is -2.20. The second kappa shape index (κ2) is 6.14. The Morgan fingerprint density at radius 2 is 2.00 bits per heavy atom. The van der Waals surface area contributed by atoms with E-state index < -0.39 is 5.97 Å². The molecule has 1 rings (SSSR count). The molecule has 0 spiro atoms. The Bertz CT molecular complexity index is 458. The fraction of sp³-hybridized carbons (Fsp3) is 0.462. The van der Waals surface area contributed by atoms with E-state index in [-0.39, 0.29) is 12.5 Å². The SMILES string of the molecule is CCCN(CC(=O)O)C(=O)c1ccc(C)nc1C. The lowest BCUT2D eigenvalue weighted by atomic mass is 10.1. The van der Waals surface area contributed by atoms with Gasteiger partial charge in [-0.15, -0.1) is 0 Å². The molecule has 0 aliphatic rings. The third-order valence-corrected chi connectivity index (χ3v) is 2.56. The standard InChI is InChI=1S/C13H18N2O3/c1-4-7-15(8-12(16)17)13(18)11-6-5-9(2)14-10(11)3/h5-6H,4,7-8H2,1-3H3,(H,16,17). The summed E-state index contributed by atoms with van der Waals surface area (Å²) in [5.41, 5.74) is 1.94. The first-order valence-electron chi connectivity index (χ1n) is 5.91. The van der Waals surface area contributed by atoms with Crippen LogP contribution in [0.15, 0.2) is 12.1 Å². The second-order valence-corrected chi connectivity index (χ2v) is 4.21. The Morgan fingerprint density at radius 1 is 1.33 bits per heavy atom. The van der Waals surface area contributed by atoms with Crippen molar-refractivity contribution >= 4 is 11.9 Å². The molecule has 0 atom stereocenters. The van der Waals surface area contributed by atoms with Crippen LogP contribution in [0.4, 0.5) is 0 Å². The molecule has 0 aromatic carbocycles. The van der Waals surface area contributed by atoms with Crippen molar-refractivity contribution in [2.45, 2.75) is 27.2 Å². The Kier molecular flexibility index (Phi) is 4.83. The Hall–Kier alpha value is -1.91. The molecule has 0 saturated carbocycles. The van der Waals surface area contributed by atoms with E-state index in [2.05, 4.69) is 4.98 Å². The van der Waals surface area contributed by atoms with Gasteiger partial charge in [0.05, 0.1) is 11.3 Å². The van der Waals surface area contributed by atoms with Gasteiger partial charge in [0.25, 0.3) is 5.91 Å². The van der Waals surface area contributed by atoms with Crippen molar-refractivity contribution in [1.82, 2.24) is 9.88 Å². The van der Waals surface area contributed by atoms with Gasteiger partial charge in [0, 0.05) is 12.2 Å². The third kappa shape index (κ3) is 3.55. The minimum Gasteiger partial charge on any atom is -0.480 e. The highest BCUT2D eigenvalue weighted by Crippen LogP contribution is 2.10. The highest BCUT2D eigenvalue weighted by molar-refractivity contribution is 5.96. The number of hydrogen-bond acceptors (Lipinski definition) is 3. The van der Waals surface area contributed by atoms with Crippen molar-refractivity contribution in [3.05, 3.63) is 29.1 Å². The number of carbonyl (C=O) groups is 2. The smallest absolute Gasteiger partial charge is 0.323 e. The van der Waals surface area contributed by atoms with Crippen LogP contribution in [0.3, 0.4) is 0 Å². The minimum atomic E-state index is -1.01. The van der Waals surface area contributed by atoms with E-state index in [0.29, 0.717) is 17.8 Å². The van der Waals surface area contributed by atoms with E-state index in [1.54, 1.807) is 19.1 Å². The summed E-state index contributed by atoms with van der Waals surface area (Å²) in [6, 6.07) is 3.45. The first kappa shape index (κ1) is 14.2. The molecule has 0 radical (unpaired) electrons. The number of aliphatic carboxylic acids is 1. The highest BCUT2D eigenvalue weighted by atomic mass is 16.4. The fourth-order valence-corrected chi connectivity index (χ4v) is 1.77. The molecular formula is C13H18N2O3. The second-order valence-electron chi connectivity index (χ2n) is 4.21. The Morgan fingerprint density at radius 3 is 2.50 bits per heavy atom. The molecule has 5 heteroatoms. The molecule has 0 bridgehead atoms. The van der Waals surface area contributed by atoms with E-state index in [1.165, 1.54) is 4.90 Å². The molecule has 0 unspecified atom stereocenters. The molecule has 0 aliphatic heterocycles. The van der Waals surface area contributed by atoms with Gasteiger partial charge in [0.1, 0.15) is 6.54 Å². The van der Waals surface area contributed by atoms with E-state index in [9.17, 15) is 9.59 Å². The maximum absolute atomic E-state index is 12.2. The van der Waals surface area contributed by atoms with Crippen molar-refractivity contribution in [1.29, 1.82) is 0 Å². The maximum Gasteiger partial charge on any atom is 0.323 e. The molecule has 5 nitrogen and oxygen atoms in total. The lowest BCUT2D eigenvalue weighted by molar-refractivity contribution is -0.137. The van der Waals surface area contributed by atoms with Gasteiger partial charge in [-0.05, 0) is 32.4 Å². The average Bonchev–Trinajstić information content (AvgIpc) is 2.27. The number of aromatic nitrogens is 1. The van der Waals surface area contributed by atoms with Crippen LogP contribution in [0, 0.1) is 13.8 Å². The molecule has 1 amide bonds. The average molecular weight is 250 g/mol.